The lowest BCUT2D eigenvalue weighted by Gasteiger charge is -2.35. The Kier molecular flexibility index (Phi) is 3.28. The normalized spacial score (nSPS) is 13.5. The van der Waals surface area contributed by atoms with Crippen LogP contribution in [0.15, 0.2) is 42.6 Å². The van der Waals surface area contributed by atoms with Crippen molar-refractivity contribution in [3.8, 4) is 6.07 Å². The van der Waals surface area contributed by atoms with Crippen molar-refractivity contribution in [2.45, 2.75) is 0 Å². The summed E-state index contributed by atoms with van der Waals surface area (Å²) in [4.78, 5) is 20.6. The Labute approximate surface area is 123 Å². The van der Waals surface area contributed by atoms with E-state index in [9.17, 15) is 4.79 Å². The van der Waals surface area contributed by atoms with Crippen molar-refractivity contribution in [1.29, 1.82) is 5.26 Å². The van der Waals surface area contributed by atoms with Gasteiger partial charge in [0.2, 0.25) is 0 Å². The predicted octanol–water partition coefficient (Wildman–Crippen LogP) is 2.05. The second-order valence-electron chi connectivity index (χ2n) is 4.91. The molecule has 0 aliphatic carbocycles. The highest BCUT2D eigenvalue weighted by atomic mass is 16.2. The minimum atomic E-state index is -0.139. The third-order valence-corrected chi connectivity index (χ3v) is 3.60. The summed E-state index contributed by atoms with van der Waals surface area (Å²) in [7, 11) is 2.01. The number of amides is 1. The van der Waals surface area contributed by atoms with Crippen molar-refractivity contribution >= 4 is 17.3 Å². The number of fused-ring (bicyclic) bond motifs is 1. The number of carbonyl (C=O) groups is 1. The molecule has 0 bridgehead atoms. The molecule has 2 aromatic rings. The van der Waals surface area contributed by atoms with E-state index in [1.807, 2.05) is 37.4 Å². The Hall–Kier alpha value is -2.87. The van der Waals surface area contributed by atoms with E-state index in [4.69, 9.17) is 5.26 Å². The number of likely N-dealkylation sites (N-methyl/N-ethyl adjacent to an activating group) is 1. The first-order valence-electron chi connectivity index (χ1n) is 6.69. The summed E-state index contributed by atoms with van der Waals surface area (Å²) in [6.07, 6.45) is 1.43. The summed E-state index contributed by atoms with van der Waals surface area (Å²) in [6.45, 7) is 1.40. The molecule has 0 saturated carbocycles. The Morgan fingerprint density at radius 3 is 2.62 bits per heavy atom. The Morgan fingerprint density at radius 1 is 1.19 bits per heavy atom. The SMILES string of the molecule is CN1CCN(C(=O)c2ccc(C#N)cn2)c2ccccc21. The highest BCUT2D eigenvalue weighted by Crippen LogP contribution is 2.32. The minimum absolute atomic E-state index is 0.139. The lowest BCUT2D eigenvalue weighted by molar-refractivity contribution is 0.0982. The van der Waals surface area contributed by atoms with Crippen LogP contribution >= 0.6 is 0 Å². The van der Waals surface area contributed by atoms with E-state index in [0.29, 0.717) is 17.8 Å². The van der Waals surface area contributed by atoms with Gasteiger partial charge >= 0.3 is 0 Å². The Morgan fingerprint density at radius 2 is 1.95 bits per heavy atom. The zero-order valence-electron chi connectivity index (χ0n) is 11.7. The second-order valence-corrected chi connectivity index (χ2v) is 4.91. The van der Waals surface area contributed by atoms with Crippen LogP contribution in [0.1, 0.15) is 16.1 Å². The maximum Gasteiger partial charge on any atom is 0.276 e. The molecule has 5 nitrogen and oxygen atoms in total. The van der Waals surface area contributed by atoms with Gasteiger partial charge in [0.1, 0.15) is 11.8 Å². The van der Waals surface area contributed by atoms with Crippen LogP contribution < -0.4 is 9.80 Å². The van der Waals surface area contributed by atoms with Gasteiger partial charge < -0.3 is 9.80 Å². The fourth-order valence-corrected chi connectivity index (χ4v) is 2.44. The van der Waals surface area contributed by atoms with E-state index >= 15 is 0 Å². The Bertz CT molecular complexity index is 718. The molecule has 1 amide bonds. The summed E-state index contributed by atoms with van der Waals surface area (Å²) in [5.74, 6) is -0.139. The van der Waals surface area contributed by atoms with Crippen LogP contribution in [0.4, 0.5) is 11.4 Å². The fraction of sp³-hybridized carbons (Fsp3) is 0.188. The van der Waals surface area contributed by atoms with E-state index in [-0.39, 0.29) is 5.91 Å². The highest BCUT2D eigenvalue weighted by molar-refractivity contribution is 6.07. The van der Waals surface area contributed by atoms with Crippen LogP contribution in [0.5, 0.6) is 0 Å². The molecule has 21 heavy (non-hydrogen) atoms. The van der Waals surface area contributed by atoms with Gasteiger partial charge in [0.15, 0.2) is 0 Å². The third-order valence-electron chi connectivity index (χ3n) is 3.60. The number of aromatic nitrogens is 1. The number of nitrogens with zero attached hydrogens (tertiary/aromatic N) is 4. The zero-order valence-corrected chi connectivity index (χ0v) is 11.7. The smallest absolute Gasteiger partial charge is 0.276 e. The van der Waals surface area contributed by atoms with Gasteiger partial charge in [-0.1, -0.05) is 12.1 Å². The molecule has 1 aliphatic rings. The van der Waals surface area contributed by atoms with Crippen molar-refractivity contribution < 1.29 is 4.79 Å². The molecule has 5 heteroatoms. The summed E-state index contributed by atoms with van der Waals surface area (Å²) < 4.78 is 0. The first kappa shape index (κ1) is 13.1. The van der Waals surface area contributed by atoms with Gasteiger partial charge in [-0.15, -0.1) is 0 Å². The van der Waals surface area contributed by atoms with Crippen molar-refractivity contribution in [3.05, 3.63) is 53.9 Å². The molecule has 0 spiro atoms. The number of hydrogen-bond donors (Lipinski definition) is 0. The van der Waals surface area contributed by atoms with E-state index < -0.39 is 0 Å². The van der Waals surface area contributed by atoms with E-state index in [0.717, 1.165) is 17.9 Å². The molecule has 2 heterocycles. The number of carbonyl (C=O) groups excluding carboxylic acids is 1. The minimum Gasteiger partial charge on any atom is -0.371 e. The quantitative estimate of drug-likeness (QED) is 0.801. The monoisotopic (exact) mass is 278 g/mol. The van der Waals surface area contributed by atoms with Crippen LogP contribution in [0.3, 0.4) is 0 Å². The molecule has 0 atom stereocenters. The average Bonchev–Trinajstić information content (AvgIpc) is 2.55. The van der Waals surface area contributed by atoms with Gasteiger partial charge in [-0.05, 0) is 24.3 Å². The molecule has 0 unspecified atom stereocenters. The van der Waals surface area contributed by atoms with Crippen molar-refractivity contribution in [2.75, 3.05) is 29.9 Å². The lowest BCUT2D eigenvalue weighted by atomic mass is 10.1. The number of rotatable bonds is 1. The molecule has 104 valence electrons. The molecule has 3 rings (SSSR count). The molecular formula is C16H14N4O. The van der Waals surface area contributed by atoms with Crippen molar-refractivity contribution in [1.82, 2.24) is 4.98 Å². The topological polar surface area (TPSA) is 60.2 Å². The fourth-order valence-electron chi connectivity index (χ4n) is 2.44. The van der Waals surface area contributed by atoms with Gasteiger partial charge in [-0.25, -0.2) is 4.98 Å². The van der Waals surface area contributed by atoms with Crippen LogP contribution in [0.2, 0.25) is 0 Å². The van der Waals surface area contributed by atoms with Crippen LogP contribution in [0, 0.1) is 11.3 Å². The van der Waals surface area contributed by atoms with Gasteiger partial charge in [-0.3, -0.25) is 4.79 Å². The van der Waals surface area contributed by atoms with Crippen LogP contribution in [0.25, 0.3) is 0 Å². The highest BCUT2D eigenvalue weighted by Gasteiger charge is 2.26. The average molecular weight is 278 g/mol. The van der Waals surface area contributed by atoms with Crippen molar-refractivity contribution in [3.63, 3.8) is 0 Å². The van der Waals surface area contributed by atoms with Crippen LogP contribution in [-0.2, 0) is 0 Å². The molecule has 1 aromatic heterocycles. The first-order valence-corrected chi connectivity index (χ1v) is 6.69. The summed E-state index contributed by atoms with van der Waals surface area (Å²) in [5.41, 5.74) is 2.73. The summed E-state index contributed by atoms with van der Waals surface area (Å²) >= 11 is 0. The first-order chi connectivity index (χ1) is 10.2. The third kappa shape index (κ3) is 2.32. The van der Waals surface area contributed by atoms with Gasteiger partial charge in [0.05, 0.1) is 16.9 Å². The lowest BCUT2D eigenvalue weighted by Crippen LogP contribution is -2.42. The molecule has 1 aliphatic heterocycles. The standard InChI is InChI=1S/C16H14N4O/c1-19-8-9-20(15-5-3-2-4-14(15)19)16(21)13-7-6-12(10-17)11-18-13/h2-7,11H,8-9H2,1H3. The van der Waals surface area contributed by atoms with Gasteiger partial charge in [0, 0.05) is 26.3 Å². The Balaban J connectivity index is 1.95. The number of anilines is 2. The number of para-hydroxylation sites is 2. The molecule has 0 saturated heterocycles. The molecular weight excluding hydrogens is 264 g/mol. The van der Waals surface area contributed by atoms with Gasteiger partial charge in [-0.2, -0.15) is 5.26 Å². The summed E-state index contributed by atoms with van der Waals surface area (Å²) in [5, 5.41) is 8.78. The van der Waals surface area contributed by atoms with E-state index in [2.05, 4.69) is 9.88 Å². The maximum absolute atomic E-state index is 12.6. The van der Waals surface area contributed by atoms with E-state index in [1.165, 1.54) is 6.20 Å². The van der Waals surface area contributed by atoms with E-state index in [1.54, 1.807) is 17.0 Å². The largest absolute Gasteiger partial charge is 0.371 e. The molecule has 1 aromatic carbocycles. The molecule has 0 radical (unpaired) electrons. The number of pyridine rings is 1. The predicted molar refractivity (Wildman–Crippen MR) is 80.3 cm³/mol. The maximum atomic E-state index is 12.6. The zero-order chi connectivity index (χ0) is 14.8. The van der Waals surface area contributed by atoms with Crippen molar-refractivity contribution in [2.24, 2.45) is 0 Å². The molecule has 0 fully saturated rings. The van der Waals surface area contributed by atoms with Gasteiger partial charge in [0.25, 0.3) is 5.91 Å². The number of nitriles is 1. The number of hydrogen-bond acceptors (Lipinski definition) is 4. The molecule has 0 N–H and O–H groups in total. The van der Waals surface area contributed by atoms with Crippen LogP contribution in [-0.4, -0.2) is 31.0 Å². The second kappa shape index (κ2) is 5.25. The number of benzene rings is 1. The summed E-state index contributed by atoms with van der Waals surface area (Å²) in [6, 6.07) is 13.0.